The zero-order valence-corrected chi connectivity index (χ0v) is 15.8. The van der Waals surface area contributed by atoms with Crippen LogP contribution in [0.25, 0.3) is 22.6 Å². The van der Waals surface area contributed by atoms with Crippen molar-refractivity contribution in [3.63, 3.8) is 0 Å². The molecule has 1 aliphatic rings. The maximum atomic E-state index is 12.5. The third kappa shape index (κ3) is 3.52. The second-order valence-electron chi connectivity index (χ2n) is 6.98. The van der Waals surface area contributed by atoms with Gasteiger partial charge in [0.25, 0.3) is 0 Å². The largest absolute Gasteiger partial charge is 0.454 e. The molecular formula is C23H18N2O4. The van der Waals surface area contributed by atoms with Gasteiger partial charge in [0.05, 0.1) is 6.42 Å². The maximum absolute atomic E-state index is 12.5. The second-order valence-corrected chi connectivity index (χ2v) is 6.98. The van der Waals surface area contributed by atoms with Crippen LogP contribution in [0.2, 0.25) is 0 Å². The lowest BCUT2D eigenvalue weighted by Gasteiger charge is -2.07. The average Bonchev–Trinajstić information content (AvgIpc) is 3.34. The minimum atomic E-state index is -0.116. The Bertz CT molecular complexity index is 1230. The number of oxazole rings is 1. The number of benzene rings is 3. The van der Waals surface area contributed by atoms with E-state index in [-0.39, 0.29) is 19.1 Å². The van der Waals surface area contributed by atoms with Crippen molar-refractivity contribution in [3.05, 3.63) is 71.8 Å². The van der Waals surface area contributed by atoms with Gasteiger partial charge in [-0.2, -0.15) is 0 Å². The molecule has 0 atom stereocenters. The third-order valence-electron chi connectivity index (χ3n) is 4.74. The van der Waals surface area contributed by atoms with Crippen molar-refractivity contribution in [1.82, 2.24) is 4.98 Å². The number of fused-ring (bicyclic) bond motifs is 2. The zero-order chi connectivity index (χ0) is 19.8. The standard InChI is InChI=1S/C23H18N2O4/c1-14-5-7-19-18(9-14)25-23(29-19)16-3-2-4-17(12-16)24-22(26)11-15-6-8-20-21(10-15)28-13-27-20/h2-10,12H,11,13H2,1H3,(H,24,26). The fourth-order valence-electron chi connectivity index (χ4n) is 3.33. The summed E-state index contributed by atoms with van der Waals surface area (Å²) in [5.41, 5.74) is 5.03. The number of hydrogen-bond acceptors (Lipinski definition) is 5. The number of hydrogen-bond donors (Lipinski definition) is 1. The van der Waals surface area contributed by atoms with Crippen LogP contribution in [0.15, 0.2) is 65.1 Å². The molecule has 0 saturated carbocycles. The van der Waals surface area contributed by atoms with Gasteiger partial charge in [0.15, 0.2) is 17.1 Å². The van der Waals surface area contributed by atoms with Gasteiger partial charge in [-0.3, -0.25) is 4.79 Å². The van der Waals surface area contributed by atoms with Gasteiger partial charge in [-0.1, -0.05) is 18.2 Å². The number of carbonyl (C=O) groups is 1. The molecule has 1 N–H and O–H groups in total. The van der Waals surface area contributed by atoms with Gasteiger partial charge in [0.2, 0.25) is 18.6 Å². The lowest BCUT2D eigenvalue weighted by Crippen LogP contribution is -2.14. The normalized spacial score (nSPS) is 12.3. The minimum absolute atomic E-state index is 0.116. The highest BCUT2D eigenvalue weighted by Crippen LogP contribution is 2.32. The quantitative estimate of drug-likeness (QED) is 0.550. The molecule has 0 aliphatic carbocycles. The highest BCUT2D eigenvalue weighted by atomic mass is 16.7. The van der Waals surface area contributed by atoms with Crippen LogP contribution in [0, 0.1) is 6.92 Å². The number of carbonyl (C=O) groups excluding carboxylic acids is 1. The molecule has 29 heavy (non-hydrogen) atoms. The van der Waals surface area contributed by atoms with Crippen molar-refractivity contribution in [3.8, 4) is 23.0 Å². The van der Waals surface area contributed by atoms with E-state index < -0.39 is 0 Å². The van der Waals surface area contributed by atoms with Crippen LogP contribution in [-0.4, -0.2) is 17.7 Å². The lowest BCUT2D eigenvalue weighted by molar-refractivity contribution is -0.115. The van der Waals surface area contributed by atoms with Crippen LogP contribution in [0.1, 0.15) is 11.1 Å². The summed E-state index contributed by atoms with van der Waals surface area (Å²) in [5.74, 6) is 1.78. The fraction of sp³-hybridized carbons (Fsp3) is 0.130. The van der Waals surface area contributed by atoms with Crippen LogP contribution in [0.4, 0.5) is 5.69 Å². The SMILES string of the molecule is Cc1ccc2oc(-c3cccc(NC(=O)Cc4ccc5c(c4)OCO5)c3)nc2c1. The van der Waals surface area contributed by atoms with Gasteiger partial charge < -0.3 is 19.2 Å². The molecule has 0 bridgehead atoms. The van der Waals surface area contributed by atoms with Gasteiger partial charge in [-0.05, 0) is 60.5 Å². The highest BCUT2D eigenvalue weighted by Gasteiger charge is 2.15. The summed E-state index contributed by atoms with van der Waals surface area (Å²) >= 11 is 0. The predicted molar refractivity (Wildman–Crippen MR) is 109 cm³/mol. The Balaban J connectivity index is 1.33. The third-order valence-corrected chi connectivity index (χ3v) is 4.74. The molecule has 6 nitrogen and oxygen atoms in total. The summed E-state index contributed by atoms with van der Waals surface area (Å²) in [4.78, 5) is 17.0. The number of nitrogens with one attached hydrogen (secondary N) is 1. The lowest BCUT2D eigenvalue weighted by atomic mass is 10.1. The van der Waals surface area contributed by atoms with Crippen LogP contribution in [0.5, 0.6) is 11.5 Å². The van der Waals surface area contributed by atoms with Crippen molar-refractivity contribution in [2.75, 3.05) is 12.1 Å². The molecule has 0 unspecified atom stereocenters. The highest BCUT2D eigenvalue weighted by molar-refractivity contribution is 5.93. The van der Waals surface area contributed by atoms with Crippen molar-refractivity contribution >= 4 is 22.7 Å². The molecule has 2 heterocycles. The molecule has 5 rings (SSSR count). The smallest absolute Gasteiger partial charge is 0.231 e. The molecule has 1 aromatic heterocycles. The minimum Gasteiger partial charge on any atom is -0.454 e. The van der Waals surface area contributed by atoms with Crippen LogP contribution in [0.3, 0.4) is 0 Å². The Kier molecular flexibility index (Phi) is 4.17. The summed E-state index contributed by atoms with van der Waals surface area (Å²) in [6, 6.07) is 18.9. The van der Waals surface area contributed by atoms with Crippen molar-refractivity contribution in [2.45, 2.75) is 13.3 Å². The van der Waals surface area contributed by atoms with Gasteiger partial charge in [0, 0.05) is 11.3 Å². The van der Waals surface area contributed by atoms with Crippen molar-refractivity contribution < 1.29 is 18.7 Å². The Hall–Kier alpha value is -3.80. The predicted octanol–water partition coefficient (Wildman–Crippen LogP) is 4.71. The molecular weight excluding hydrogens is 368 g/mol. The molecule has 4 aromatic rings. The second kappa shape index (κ2) is 6.98. The molecule has 0 fully saturated rings. The number of anilines is 1. The number of amides is 1. The molecule has 6 heteroatoms. The Morgan fingerprint density at radius 2 is 1.93 bits per heavy atom. The summed E-state index contributed by atoms with van der Waals surface area (Å²) in [5, 5.41) is 2.93. The van der Waals surface area contributed by atoms with E-state index in [4.69, 9.17) is 13.9 Å². The van der Waals surface area contributed by atoms with Gasteiger partial charge in [-0.15, -0.1) is 0 Å². The summed E-state index contributed by atoms with van der Waals surface area (Å²) < 4.78 is 16.5. The monoisotopic (exact) mass is 386 g/mol. The van der Waals surface area contributed by atoms with E-state index in [9.17, 15) is 4.79 Å². The number of aryl methyl sites for hydroxylation is 1. The van der Waals surface area contributed by atoms with E-state index in [0.29, 0.717) is 23.1 Å². The van der Waals surface area contributed by atoms with E-state index in [1.807, 2.05) is 67.6 Å². The fourth-order valence-corrected chi connectivity index (χ4v) is 3.33. The number of nitrogens with zero attached hydrogens (tertiary/aromatic N) is 1. The van der Waals surface area contributed by atoms with E-state index >= 15 is 0 Å². The summed E-state index contributed by atoms with van der Waals surface area (Å²) in [7, 11) is 0. The Morgan fingerprint density at radius 1 is 1.03 bits per heavy atom. The first-order chi connectivity index (χ1) is 14.1. The number of aromatic nitrogens is 1. The average molecular weight is 386 g/mol. The van der Waals surface area contributed by atoms with Gasteiger partial charge in [-0.25, -0.2) is 4.98 Å². The molecule has 144 valence electrons. The van der Waals surface area contributed by atoms with Crippen molar-refractivity contribution in [2.24, 2.45) is 0 Å². The maximum Gasteiger partial charge on any atom is 0.231 e. The molecule has 1 aliphatic heterocycles. The van der Waals surface area contributed by atoms with Crippen molar-refractivity contribution in [1.29, 1.82) is 0 Å². The molecule has 0 saturated heterocycles. The summed E-state index contributed by atoms with van der Waals surface area (Å²) in [6.45, 7) is 2.23. The van der Waals surface area contributed by atoms with Crippen LogP contribution >= 0.6 is 0 Å². The van der Waals surface area contributed by atoms with E-state index in [2.05, 4.69) is 10.3 Å². The first kappa shape index (κ1) is 17.3. The van der Waals surface area contributed by atoms with E-state index in [0.717, 1.165) is 27.8 Å². The molecule has 0 spiro atoms. The van der Waals surface area contributed by atoms with Gasteiger partial charge in [0.1, 0.15) is 5.52 Å². The number of rotatable bonds is 4. The van der Waals surface area contributed by atoms with Crippen LogP contribution in [-0.2, 0) is 11.2 Å². The number of ether oxygens (including phenoxy) is 2. The van der Waals surface area contributed by atoms with Gasteiger partial charge >= 0.3 is 0 Å². The van der Waals surface area contributed by atoms with E-state index in [1.165, 1.54) is 0 Å². The van der Waals surface area contributed by atoms with Crippen LogP contribution < -0.4 is 14.8 Å². The molecule has 3 aromatic carbocycles. The summed E-state index contributed by atoms with van der Waals surface area (Å²) in [6.07, 6.45) is 0.239. The first-order valence-electron chi connectivity index (χ1n) is 9.30. The molecule has 0 radical (unpaired) electrons. The zero-order valence-electron chi connectivity index (χ0n) is 15.8. The molecule has 1 amide bonds. The Morgan fingerprint density at radius 3 is 2.86 bits per heavy atom. The first-order valence-corrected chi connectivity index (χ1v) is 9.30. The Labute approximate surface area is 167 Å². The van der Waals surface area contributed by atoms with E-state index in [1.54, 1.807) is 0 Å². The topological polar surface area (TPSA) is 73.6 Å².